The Morgan fingerprint density at radius 3 is 2.74 bits per heavy atom. The van der Waals surface area contributed by atoms with Gasteiger partial charge in [-0.2, -0.15) is 0 Å². The van der Waals surface area contributed by atoms with Gasteiger partial charge in [0.2, 0.25) is 5.91 Å². The zero-order chi connectivity index (χ0) is 14.3. The maximum atomic E-state index is 11.7. The number of carboxylic acid groups (broad SMARTS) is 1. The fraction of sp³-hybridized carbons (Fsp3) is 0.846. The largest absolute Gasteiger partial charge is 0.481 e. The van der Waals surface area contributed by atoms with E-state index in [0.29, 0.717) is 6.61 Å². The minimum absolute atomic E-state index is 0.0712. The molecule has 2 N–H and O–H groups in total. The van der Waals surface area contributed by atoms with E-state index in [1.807, 2.05) is 0 Å². The molecule has 0 aromatic carbocycles. The van der Waals surface area contributed by atoms with Crippen LogP contribution in [0.15, 0.2) is 0 Å². The van der Waals surface area contributed by atoms with Crippen molar-refractivity contribution in [3.8, 4) is 0 Å². The highest BCUT2D eigenvalue weighted by Gasteiger charge is 2.20. The Morgan fingerprint density at radius 2 is 2.16 bits per heavy atom. The minimum atomic E-state index is -0.926. The van der Waals surface area contributed by atoms with Gasteiger partial charge in [0.15, 0.2) is 0 Å². The molecule has 0 aromatic rings. The predicted molar refractivity (Wildman–Crippen MR) is 68.8 cm³/mol. The highest BCUT2D eigenvalue weighted by molar-refractivity contribution is 5.81. The number of nitrogens with one attached hydrogen (secondary N) is 1. The Bertz CT molecular complexity index is 301. The Kier molecular flexibility index (Phi) is 6.80. The summed E-state index contributed by atoms with van der Waals surface area (Å²) >= 11 is 0. The van der Waals surface area contributed by atoms with Crippen molar-refractivity contribution in [2.45, 2.75) is 45.3 Å². The van der Waals surface area contributed by atoms with Crippen molar-refractivity contribution in [3.63, 3.8) is 0 Å². The molecule has 1 aliphatic heterocycles. The molecule has 0 aliphatic carbocycles. The van der Waals surface area contributed by atoms with Crippen LogP contribution in [-0.4, -0.2) is 48.9 Å². The number of carbonyl (C=O) groups excluding carboxylic acids is 1. The Hall–Kier alpha value is -1.14. The number of amides is 1. The summed E-state index contributed by atoms with van der Waals surface area (Å²) in [5.41, 5.74) is 0. The van der Waals surface area contributed by atoms with Crippen molar-refractivity contribution in [2.24, 2.45) is 5.92 Å². The summed E-state index contributed by atoms with van der Waals surface area (Å²) in [5, 5.41) is 11.3. The quantitative estimate of drug-likeness (QED) is 0.716. The van der Waals surface area contributed by atoms with Crippen molar-refractivity contribution in [3.05, 3.63) is 0 Å². The Balaban J connectivity index is 2.18. The second-order valence-electron chi connectivity index (χ2n) is 4.95. The SMILES string of the molecule is CC(CNC(=O)C(C)OCC1CCCCO1)C(=O)O. The number of hydrogen-bond acceptors (Lipinski definition) is 4. The summed E-state index contributed by atoms with van der Waals surface area (Å²) in [6.45, 7) is 4.48. The van der Waals surface area contributed by atoms with Gasteiger partial charge in [-0.05, 0) is 26.2 Å². The number of aliphatic carboxylic acids is 1. The highest BCUT2D eigenvalue weighted by Crippen LogP contribution is 2.13. The molecule has 1 aliphatic rings. The van der Waals surface area contributed by atoms with Gasteiger partial charge in [0.05, 0.1) is 18.6 Å². The van der Waals surface area contributed by atoms with Crippen molar-refractivity contribution < 1.29 is 24.2 Å². The van der Waals surface area contributed by atoms with Crippen molar-refractivity contribution in [1.82, 2.24) is 5.32 Å². The minimum Gasteiger partial charge on any atom is -0.481 e. The molecule has 6 nitrogen and oxygen atoms in total. The van der Waals surface area contributed by atoms with Gasteiger partial charge in [-0.1, -0.05) is 6.92 Å². The molecule has 1 heterocycles. The average Bonchev–Trinajstić information content (AvgIpc) is 2.42. The number of ether oxygens (including phenoxy) is 2. The lowest BCUT2D eigenvalue weighted by Gasteiger charge is -2.24. The van der Waals surface area contributed by atoms with Crippen LogP contribution in [0.4, 0.5) is 0 Å². The molecule has 3 atom stereocenters. The first-order chi connectivity index (χ1) is 9.00. The van der Waals surface area contributed by atoms with Gasteiger partial charge >= 0.3 is 5.97 Å². The Labute approximate surface area is 113 Å². The van der Waals surface area contributed by atoms with Crippen LogP contribution in [0.1, 0.15) is 33.1 Å². The van der Waals surface area contributed by atoms with Gasteiger partial charge in [-0.15, -0.1) is 0 Å². The van der Waals surface area contributed by atoms with Gasteiger partial charge < -0.3 is 19.9 Å². The average molecular weight is 273 g/mol. The third kappa shape index (κ3) is 6.02. The van der Waals surface area contributed by atoms with Gasteiger partial charge in [-0.3, -0.25) is 9.59 Å². The molecule has 6 heteroatoms. The summed E-state index contributed by atoms with van der Waals surface area (Å²) < 4.78 is 11.0. The highest BCUT2D eigenvalue weighted by atomic mass is 16.5. The van der Waals surface area contributed by atoms with Crippen LogP contribution < -0.4 is 5.32 Å². The first-order valence-electron chi connectivity index (χ1n) is 6.74. The van der Waals surface area contributed by atoms with E-state index in [4.69, 9.17) is 14.6 Å². The van der Waals surface area contributed by atoms with Crippen LogP contribution in [0.3, 0.4) is 0 Å². The van der Waals surface area contributed by atoms with E-state index in [9.17, 15) is 9.59 Å². The zero-order valence-electron chi connectivity index (χ0n) is 11.6. The van der Waals surface area contributed by atoms with E-state index in [1.54, 1.807) is 13.8 Å². The maximum absolute atomic E-state index is 11.7. The molecule has 0 saturated carbocycles. The maximum Gasteiger partial charge on any atom is 0.308 e. The second kappa shape index (κ2) is 8.12. The molecule has 0 aromatic heterocycles. The molecule has 0 bridgehead atoms. The van der Waals surface area contributed by atoms with E-state index in [-0.39, 0.29) is 18.6 Å². The van der Waals surface area contributed by atoms with Crippen LogP contribution in [0, 0.1) is 5.92 Å². The number of rotatable bonds is 7. The van der Waals surface area contributed by atoms with E-state index in [0.717, 1.165) is 25.9 Å². The van der Waals surface area contributed by atoms with E-state index < -0.39 is 18.0 Å². The van der Waals surface area contributed by atoms with E-state index in [1.165, 1.54) is 0 Å². The summed E-state index contributed by atoms with van der Waals surface area (Å²) in [6.07, 6.45) is 2.66. The third-order valence-electron chi connectivity index (χ3n) is 3.18. The molecular weight excluding hydrogens is 250 g/mol. The van der Waals surface area contributed by atoms with Crippen LogP contribution >= 0.6 is 0 Å². The molecule has 110 valence electrons. The lowest BCUT2D eigenvalue weighted by Crippen LogP contribution is -2.39. The topological polar surface area (TPSA) is 84.9 Å². The molecule has 1 rings (SSSR count). The van der Waals surface area contributed by atoms with Gasteiger partial charge in [-0.25, -0.2) is 0 Å². The molecule has 1 fully saturated rings. The van der Waals surface area contributed by atoms with Gasteiger partial charge in [0.25, 0.3) is 0 Å². The third-order valence-corrected chi connectivity index (χ3v) is 3.18. The molecule has 1 amide bonds. The van der Waals surface area contributed by atoms with Crippen molar-refractivity contribution in [2.75, 3.05) is 19.8 Å². The molecule has 0 spiro atoms. The molecule has 3 unspecified atom stereocenters. The summed E-state index contributed by atoms with van der Waals surface area (Å²) in [4.78, 5) is 22.3. The first-order valence-corrected chi connectivity index (χ1v) is 6.74. The summed E-state index contributed by atoms with van der Waals surface area (Å²) in [7, 11) is 0. The lowest BCUT2D eigenvalue weighted by molar-refractivity contribution is -0.141. The number of carboxylic acids is 1. The smallest absolute Gasteiger partial charge is 0.308 e. The molecular formula is C13H23NO5. The normalized spacial score (nSPS) is 22.5. The monoisotopic (exact) mass is 273 g/mol. The van der Waals surface area contributed by atoms with E-state index >= 15 is 0 Å². The van der Waals surface area contributed by atoms with Crippen LogP contribution in [0.2, 0.25) is 0 Å². The first kappa shape index (κ1) is 15.9. The fourth-order valence-corrected chi connectivity index (χ4v) is 1.75. The zero-order valence-corrected chi connectivity index (χ0v) is 11.6. The van der Waals surface area contributed by atoms with Crippen molar-refractivity contribution in [1.29, 1.82) is 0 Å². The van der Waals surface area contributed by atoms with Crippen LogP contribution in [-0.2, 0) is 19.1 Å². The number of carbonyl (C=O) groups is 2. The molecule has 0 radical (unpaired) electrons. The van der Waals surface area contributed by atoms with Crippen LogP contribution in [0.25, 0.3) is 0 Å². The lowest BCUT2D eigenvalue weighted by atomic mass is 10.1. The summed E-state index contributed by atoms with van der Waals surface area (Å²) in [5.74, 6) is -1.81. The van der Waals surface area contributed by atoms with Gasteiger partial charge in [0.1, 0.15) is 6.10 Å². The van der Waals surface area contributed by atoms with Gasteiger partial charge in [0, 0.05) is 13.2 Å². The van der Waals surface area contributed by atoms with Crippen LogP contribution in [0.5, 0.6) is 0 Å². The predicted octanol–water partition coefficient (Wildman–Crippen LogP) is 0.798. The van der Waals surface area contributed by atoms with E-state index in [2.05, 4.69) is 5.32 Å². The summed E-state index contributed by atoms with van der Waals surface area (Å²) in [6, 6.07) is 0. The molecule has 19 heavy (non-hydrogen) atoms. The molecule has 1 saturated heterocycles. The number of hydrogen-bond donors (Lipinski definition) is 2. The Morgan fingerprint density at radius 1 is 1.42 bits per heavy atom. The fourth-order valence-electron chi connectivity index (χ4n) is 1.75. The standard InChI is InChI=1S/C13H23NO5/c1-9(13(16)17)7-14-12(15)10(2)19-8-11-5-3-4-6-18-11/h9-11H,3-8H2,1-2H3,(H,14,15)(H,16,17). The van der Waals surface area contributed by atoms with Crippen molar-refractivity contribution >= 4 is 11.9 Å². The second-order valence-corrected chi connectivity index (χ2v) is 4.95.